The molecule has 0 aliphatic carbocycles. The van der Waals surface area contributed by atoms with Crippen molar-refractivity contribution in [2.24, 2.45) is 5.92 Å². The molecule has 1 saturated heterocycles. The lowest BCUT2D eigenvalue weighted by Crippen LogP contribution is -2.30. The second kappa shape index (κ2) is 7.40. The quantitative estimate of drug-likeness (QED) is 0.749. The van der Waals surface area contributed by atoms with Crippen molar-refractivity contribution in [2.75, 3.05) is 32.7 Å². The Kier molecular flexibility index (Phi) is 5.80. The molecule has 0 aromatic carbocycles. The maximum absolute atomic E-state index is 12.2. The first kappa shape index (κ1) is 16.5. The Bertz CT molecular complexity index is 541. The summed E-state index contributed by atoms with van der Waals surface area (Å²) in [6, 6.07) is 3.22. The molecule has 1 aliphatic rings. The molecular formula is C14H25N3O3S. The number of furan rings is 1. The van der Waals surface area contributed by atoms with Crippen LogP contribution in [0.4, 0.5) is 0 Å². The average molecular weight is 315 g/mol. The normalized spacial score (nSPS) is 20.2. The van der Waals surface area contributed by atoms with Gasteiger partial charge >= 0.3 is 0 Å². The summed E-state index contributed by atoms with van der Waals surface area (Å²) in [7, 11) is -3.54. The molecule has 1 atom stereocenters. The fourth-order valence-corrected chi connectivity index (χ4v) is 3.57. The van der Waals surface area contributed by atoms with E-state index in [0.717, 1.165) is 32.6 Å². The molecule has 1 aliphatic heterocycles. The maximum atomic E-state index is 12.2. The van der Waals surface area contributed by atoms with Gasteiger partial charge in [-0.2, -0.15) is 0 Å². The molecule has 1 aromatic heterocycles. The van der Waals surface area contributed by atoms with Gasteiger partial charge in [0.1, 0.15) is 5.76 Å². The molecule has 1 aromatic rings. The third kappa shape index (κ3) is 4.54. The van der Waals surface area contributed by atoms with Crippen LogP contribution in [0.15, 0.2) is 21.6 Å². The third-order valence-electron chi connectivity index (χ3n) is 3.83. The predicted octanol–water partition coefficient (Wildman–Crippen LogP) is 1.01. The summed E-state index contributed by atoms with van der Waals surface area (Å²) in [5.74, 6) is 1.02. The minimum atomic E-state index is -3.54. The number of hydrogen-bond donors (Lipinski definition) is 2. The van der Waals surface area contributed by atoms with E-state index >= 15 is 0 Å². The first-order chi connectivity index (χ1) is 10.0. The Labute approximate surface area is 126 Å². The zero-order chi connectivity index (χ0) is 15.3. The summed E-state index contributed by atoms with van der Waals surface area (Å²) >= 11 is 0. The Morgan fingerprint density at radius 1 is 1.38 bits per heavy atom. The molecule has 7 heteroatoms. The molecule has 2 rings (SSSR count). The SMILES string of the molecule is CCNCc1ccc(S(=O)(=O)NCC2CCN(CC)C2)o1. The zero-order valence-electron chi connectivity index (χ0n) is 12.8. The highest BCUT2D eigenvalue weighted by Crippen LogP contribution is 2.17. The number of rotatable bonds is 8. The Morgan fingerprint density at radius 3 is 2.86 bits per heavy atom. The predicted molar refractivity (Wildman–Crippen MR) is 81.5 cm³/mol. The first-order valence-electron chi connectivity index (χ1n) is 7.56. The van der Waals surface area contributed by atoms with E-state index in [9.17, 15) is 8.42 Å². The number of nitrogens with zero attached hydrogens (tertiary/aromatic N) is 1. The van der Waals surface area contributed by atoms with Gasteiger partial charge in [0.15, 0.2) is 0 Å². The van der Waals surface area contributed by atoms with Crippen LogP contribution in [0.5, 0.6) is 0 Å². The molecule has 6 nitrogen and oxygen atoms in total. The molecule has 0 radical (unpaired) electrons. The molecule has 1 unspecified atom stereocenters. The smallest absolute Gasteiger partial charge is 0.273 e. The molecule has 0 amide bonds. The van der Waals surface area contributed by atoms with Crippen LogP contribution < -0.4 is 10.0 Å². The van der Waals surface area contributed by atoms with Crippen LogP contribution in [-0.4, -0.2) is 46.0 Å². The summed E-state index contributed by atoms with van der Waals surface area (Å²) in [5, 5.41) is 3.10. The highest BCUT2D eigenvalue weighted by atomic mass is 32.2. The first-order valence-corrected chi connectivity index (χ1v) is 9.05. The number of sulfonamides is 1. The highest BCUT2D eigenvalue weighted by Gasteiger charge is 2.24. The largest absolute Gasteiger partial charge is 0.447 e. The lowest BCUT2D eigenvalue weighted by atomic mass is 10.1. The van der Waals surface area contributed by atoms with Crippen molar-refractivity contribution in [3.05, 3.63) is 17.9 Å². The molecule has 0 bridgehead atoms. The van der Waals surface area contributed by atoms with E-state index in [2.05, 4.69) is 21.9 Å². The van der Waals surface area contributed by atoms with Gasteiger partial charge in [0.2, 0.25) is 5.09 Å². The molecule has 0 spiro atoms. The highest BCUT2D eigenvalue weighted by molar-refractivity contribution is 7.89. The van der Waals surface area contributed by atoms with E-state index < -0.39 is 10.0 Å². The Balaban J connectivity index is 1.88. The van der Waals surface area contributed by atoms with Gasteiger partial charge in [0.05, 0.1) is 6.54 Å². The van der Waals surface area contributed by atoms with E-state index in [1.165, 1.54) is 6.07 Å². The molecule has 2 N–H and O–H groups in total. The molecule has 2 heterocycles. The molecule has 1 fully saturated rings. The van der Waals surface area contributed by atoms with Crippen LogP contribution in [0, 0.1) is 5.92 Å². The maximum Gasteiger partial charge on any atom is 0.273 e. The van der Waals surface area contributed by atoms with Gasteiger partial charge in [0.25, 0.3) is 10.0 Å². The van der Waals surface area contributed by atoms with Gasteiger partial charge in [0, 0.05) is 13.1 Å². The second-order valence-corrected chi connectivity index (χ2v) is 7.10. The number of nitrogens with one attached hydrogen (secondary N) is 2. The minimum Gasteiger partial charge on any atom is -0.447 e. The van der Waals surface area contributed by atoms with Gasteiger partial charge < -0.3 is 14.6 Å². The zero-order valence-corrected chi connectivity index (χ0v) is 13.6. The van der Waals surface area contributed by atoms with Gasteiger partial charge in [-0.25, -0.2) is 13.1 Å². The second-order valence-electron chi connectivity index (χ2n) is 5.40. The fraction of sp³-hybridized carbons (Fsp3) is 0.714. The number of hydrogen-bond acceptors (Lipinski definition) is 5. The van der Waals surface area contributed by atoms with Gasteiger partial charge in [-0.15, -0.1) is 0 Å². The van der Waals surface area contributed by atoms with Crippen LogP contribution in [-0.2, 0) is 16.6 Å². The van der Waals surface area contributed by atoms with Gasteiger partial charge in [-0.3, -0.25) is 0 Å². The van der Waals surface area contributed by atoms with Crippen molar-refractivity contribution in [3.63, 3.8) is 0 Å². The third-order valence-corrected chi connectivity index (χ3v) is 5.13. The summed E-state index contributed by atoms with van der Waals surface area (Å²) < 4.78 is 32.4. The fourth-order valence-electron chi connectivity index (χ4n) is 2.51. The van der Waals surface area contributed by atoms with Crippen LogP contribution >= 0.6 is 0 Å². The van der Waals surface area contributed by atoms with Crippen LogP contribution in [0.25, 0.3) is 0 Å². The van der Waals surface area contributed by atoms with Crippen molar-refractivity contribution in [3.8, 4) is 0 Å². The summed E-state index contributed by atoms with van der Waals surface area (Å²) in [5.41, 5.74) is 0. The van der Waals surface area contributed by atoms with Crippen LogP contribution in [0.2, 0.25) is 0 Å². The van der Waals surface area contributed by atoms with E-state index in [-0.39, 0.29) is 5.09 Å². The summed E-state index contributed by atoms with van der Waals surface area (Å²) in [4.78, 5) is 2.33. The van der Waals surface area contributed by atoms with Crippen molar-refractivity contribution in [2.45, 2.75) is 31.9 Å². The van der Waals surface area contributed by atoms with E-state index in [1.54, 1.807) is 6.07 Å². The Hall–Kier alpha value is -0.890. The van der Waals surface area contributed by atoms with E-state index in [0.29, 0.717) is 24.8 Å². The van der Waals surface area contributed by atoms with Crippen molar-refractivity contribution < 1.29 is 12.8 Å². The lowest BCUT2D eigenvalue weighted by Gasteiger charge is -2.13. The summed E-state index contributed by atoms with van der Waals surface area (Å²) in [6.07, 6.45) is 1.04. The van der Waals surface area contributed by atoms with E-state index in [4.69, 9.17) is 4.42 Å². The molecule has 0 saturated carbocycles. The van der Waals surface area contributed by atoms with E-state index in [1.807, 2.05) is 6.92 Å². The van der Waals surface area contributed by atoms with Gasteiger partial charge in [-0.1, -0.05) is 13.8 Å². The standard InChI is InChI=1S/C14H25N3O3S/c1-3-15-10-13-5-6-14(20-13)21(18,19)16-9-12-7-8-17(4-2)11-12/h5-6,12,15-16H,3-4,7-11H2,1-2H3. The Morgan fingerprint density at radius 2 is 2.19 bits per heavy atom. The topological polar surface area (TPSA) is 74.6 Å². The monoisotopic (exact) mass is 315 g/mol. The van der Waals surface area contributed by atoms with Gasteiger partial charge in [-0.05, 0) is 44.1 Å². The molecule has 120 valence electrons. The summed E-state index contributed by atoms with van der Waals surface area (Å²) in [6.45, 7) is 8.98. The van der Waals surface area contributed by atoms with Crippen molar-refractivity contribution in [1.29, 1.82) is 0 Å². The molecular weight excluding hydrogens is 290 g/mol. The number of likely N-dealkylation sites (tertiary alicyclic amines) is 1. The average Bonchev–Trinajstić information content (AvgIpc) is 3.12. The van der Waals surface area contributed by atoms with Crippen LogP contribution in [0.3, 0.4) is 0 Å². The minimum absolute atomic E-state index is 0.000692. The molecule has 21 heavy (non-hydrogen) atoms. The van der Waals surface area contributed by atoms with Crippen molar-refractivity contribution in [1.82, 2.24) is 14.9 Å². The lowest BCUT2D eigenvalue weighted by molar-refractivity contribution is 0.341. The van der Waals surface area contributed by atoms with Crippen LogP contribution in [0.1, 0.15) is 26.0 Å². The van der Waals surface area contributed by atoms with Crippen molar-refractivity contribution >= 4 is 10.0 Å².